The molecule has 1 N–H and O–H groups in total. The van der Waals surface area contributed by atoms with Gasteiger partial charge in [-0.3, -0.25) is 0 Å². The summed E-state index contributed by atoms with van der Waals surface area (Å²) in [5.41, 5.74) is 0.645. The maximum absolute atomic E-state index is 14.0. The van der Waals surface area contributed by atoms with Crippen molar-refractivity contribution in [1.82, 2.24) is 10.2 Å². The number of hydrogen-bond donors (Lipinski definition) is 1. The first-order valence-electron chi connectivity index (χ1n) is 7.54. The summed E-state index contributed by atoms with van der Waals surface area (Å²) >= 11 is 1.25. The van der Waals surface area contributed by atoms with Crippen LogP contribution in [0.4, 0.5) is 8.78 Å². The summed E-state index contributed by atoms with van der Waals surface area (Å²) in [5, 5.41) is 3.16. The van der Waals surface area contributed by atoms with Crippen molar-refractivity contribution in [1.29, 1.82) is 0 Å². The van der Waals surface area contributed by atoms with Gasteiger partial charge < -0.3 is 10.2 Å². The third kappa shape index (κ3) is 6.32. The minimum Gasteiger partial charge on any atom is -0.310 e. The third-order valence-corrected chi connectivity index (χ3v) is 4.39. The Morgan fingerprint density at radius 3 is 2.19 bits per heavy atom. The Bertz CT molecular complexity index is 411. The van der Waals surface area contributed by atoms with Gasteiger partial charge in [0.1, 0.15) is 11.6 Å². The van der Waals surface area contributed by atoms with Crippen molar-refractivity contribution in [2.24, 2.45) is 0 Å². The van der Waals surface area contributed by atoms with E-state index >= 15 is 0 Å². The van der Waals surface area contributed by atoms with Crippen LogP contribution in [0.3, 0.4) is 0 Å². The fourth-order valence-corrected chi connectivity index (χ4v) is 2.94. The maximum Gasteiger partial charge on any atom is 0.140 e. The van der Waals surface area contributed by atoms with Gasteiger partial charge in [0.25, 0.3) is 0 Å². The molecule has 5 heteroatoms. The third-order valence-electron chi connectivity index (χ3n) is 3.32. The summed E-state index contributed by atoms with van der Waals surface area (Å²) in [6, 6.07) is 3.15. The van der Waals surface area contributed by atoms with E-state index in [2.05, 4.69) is 24.1 Å². The number of halogens is 2. The summed E-state index contributed by atoms with van der Waals surface area (Å²) in [7, 11) is 0. The van der Waals surface area contributed by atoms with Crippen LogP contribution in [-0.4, -0.2) is 36.3 Å². The minimum atomic E-state index is -0.458. The quantitative estimate of drug-likeness (QED) is 0.696. The van der Waals surface area contributed by atoms with Crippen LogP contribution in [0.2, 0.25) is 0 Å². The van der Waals surface area contributed by atoms with Gasteiger partial charge in [0.2, 0.25) is 0 Å². The smallest absolute Gasteiger partial charge is 0.140 e. The number of nitrogens with zero attached hydrogens (tertiary/aromatic N) is 1. The van der Waals surface area contributed by atoms with Gasteiger partial charge in [-0.15, -0.1) is 11.8 Å². The summed E-state index contributed by atoms with van der Waals surface area (Å²) in [5.74, 6) is -0.223. The Morgan fingerprint density at radius 1 is 1.14 bits per heavy atom. The van der Waals surface area contributed by atoms with Crippen molar-refractivity contribution in [2.75, 3.05) is 25.4 Å². The van der Waals surface area contributed by atoms with Crippen molar-refractivity contribution in [3.8, 4) is 0 Å². The Kier molecular flexibility index (Phi) is 8.22. The summed E-state index contributed by atoms with van der Waals surface area (Å²) < 4.78 is 28.0. The molecule has 0 bridgehead atoms. The van der Waals surface area contributed by atoms with Crippen molar-refractivity contribution >= 4 is 11.8 Å². The minimum absolute atomic E-state index is 0.135. The highest BCUT2D eigenvalue weighted by atomic mass is 32.2. The van der Waals surface area contributed by atoms with E-state index in [9.17, 15) is 8.78 Å². The second-order valence-electron chi connectivity index (χ2n) is 5.30. The fourth-order valence-electron chi connectivity index (χ4n) is 1.99. The highest BCUT2D eigenvalue weighted by Crippen LogP contribution is 2.26. The van der Waals surface area contributed by atoms with E-state index in [1.54, 1.807) is 0 Å². The molecule has 1 aromatic rings. The molecule has 0 atom stereocenters. The standard InChI is InChI=1S/C16H26F2N2S/c1-5-20(6-2)7-8-21-16-14(17)9-13(10-15(16)18)11-19-12(3)4/h9-10,12,19H,5-8,11H2,1-4H3. The van der Waals surface area contributed by atoms with Crippen LogP contribution >= 0.6 is 11.8 Å². The molecule has 0 fully saturated rings. The van der Waals surface area contributed by atoms with Crippen molar-refractivity contribution in [3.63, 3.8) is 0 Å². The number of benzene rings is 1. The van der Waals surface area contributed by atoms with Gasteiger partial charge in [-0.2, -0.15) is 0 Å². The number of rotatable bonds is 9. The van der Waals surface area contributed by atoms with Gasteiger partial charge in [0.15, 0.2) is 0 Å². The van der Waals surface area contributed by atoms with Crippen LogP contribution in [0.15, 0.2) is 17.0 Å². The van der Waals surface area contributed by atoms with Crippen LogP contribution in [0, 0.1) is 11.6 Å². The molecule has 0 heterocycles. The zero-order valence-corrected chi connectivity index (χ0v) is 14.2. The SMILES string of the molecule is CCN(CC)CCSc1c(F)cc(CNC(C)C)cc1F. The number of thioether (sulfide) groups is 1. The fraction of sp³-hybridized carbons (Fsp3) is 0.625. The molecule has 120 valence electrons. The zero-order chi connectivity index (χ0) is 15.8. The Hall–Kier alpha value is -0.650. The Labute approximate surface area is 131 Å². The lowest BCUT2D eigenvalue weighted by Crippen LogP contribution is -2.25. The molecular weight excluding hydrogens is 290 g/mol. The largest absolute Gasteiger partial charge is 0.310 e. The molecule has 0 aliphatic carbocycles. The monoisotopic (exact) mass is 316 g/mol. The predicted molar refractivity (Wildman–Crippen MR) is 86.8 cm³/mol. The van der Waals surface area contributed by atoms with Gasteiger partial charge in [0.05, 0.1) is 4.90 Å². The van der Waals surface area contributed by atoms with Gasteiger partial charge in [0, 0.05) is 24.9 Å². The second-order valence-corrected chi connectivity index (χ2v) is 6.40. The first kappa shape index (κ1) is 18.4. The van der Waals surface area contributed by atoms with Gasteiger partial charge >= 0.3 is 0 Å². The molecule has 0 saturated heterocycles. The van der Waals surface area contributed by atoms with Crippen LogP contribution in [-0.2, 0) is 6.54 Å². The lowest BCUT2D eigenvalue weighted by atomic mass is 10.2. The molecule has 1 rings (SSSR count). The molecule has 2 nitrogen and oxygen atoms in total. The molecule has 1 aromatic carbocycles. The second kappa shape index (κ2) is 9.38. The highest BCUT2D eigenvalue weighted by Gasteiger charge is 2.12. The molecule has 0 amide bonds. The van der Waals surface area contributed by atoms with Crippen molar-refractivity contribution < 1.29 is 8.78 Å². The van der Waals surface area contributed by atoms with E-state index in [1.165, 1.54) is 23.9 Å². The number of nitrogens with one attached hydrogen (secondary N) is 1. The topological polar surface area (TPSA) is 15.3 Å². The first-order valence-corrected chi connectivity index (χ1v) is 8.52. The van der Waals surface area contributed by atoms with E-state index in [0.717, 1.165) is 19.6 Å². The van der Waals surface area contributed by atoms with Gasteiger partial charge in [-0.1, -0.05) is 27.7 Å². The van der Waals surface area contributed by atoms with E-state index in [0.29, 0.717) is 23.9 Å². The van der Waals surface area contributed by atoms with Crippen LogP contribution in [0.5, 0.6) is 0 Å². The Balaban J connectivity index is 2.63. The Morgan fingerprint density at radius 2 is 1.71 bits per heavy atom. The molecule has 21 heavy (non-hydrogen) atoms. The van der Waals surface area contributed by atoms with Crippen molar-refractivity contribution in [2.45, 2.75) is 45.2 Å². The van der Waals surface area contributed by atoms with Gasteiger partial charge in [-0.05, 0) is 30.8 Å². The average Bonchev–Trinajstić information content (AvgIpc) is 2.43. The molecule has 0 aliphatic rings. The molecule has 0 radical (unpaired) electrons. The van der Waals surface area contributed by atoms with E-state index in [4.69, 9.17) is 0 Å². The number of hydrogen-bond acceptors (Lipinski definition) is 3. The van der Waals surface area contributed by atoms with E-state index in [-0.39, 0.29) is 4.90 Å². The lowest BCUT2D eigenvalue weighted by Gasteiger charge is -2.17. The summed E-state index contributed by atoms with van der Waals surface area (Å²) in [6.07, 6.45) is 0. The summed E-state index contributed by atoms with van der Waals surface area (Å²) in [4.78, 5) is 2.37. The predicted octanol–water partition coefficient (Wildman–Crippen LogP) is 3.90. The average molecular weight is 316 g/mol. The molecule has 0 aromatic heterocycles. The van der Waals surface area contributed by atoms with Crippen molar-refractivity contribution in [3.05, 3.63) is 29.3 Å². The maximum atomic E-state index is 14.0. The lowest BCUT2D eigenvalue weighted by molar-refractivity contribution is 0.324. The first-order chi connectivity index (χ1) is 9.97. The molecule has 0 spiro atoms. The highest BCUT2D eigenvalue weighted by molar-refractivity contribution is 7.99. The van der Waals surface area contributed by atoms with Crippen LogP contribution in [0.25, 0.3) is 0 Å². The molecular formula is C16H26F2N2S. The van der Waals surface area contributed by atoms with Crippen LogP contribution < -0.4 is 5.32 Å². The van der Waals surface area contributed by atoms with Gasteiger partial charge in [-0.25, -0.2) is 8.78 Å². The normalized spacial score (nSPS) is 11.6. The zero-order valence-electron chi connectivity index (χ0n) is 13.4. The molecule has 0 aliphatic heterocycles. The van der Waals surface area contributed by atoms with E-state index < -0.39 is 11.6 Å². The van der Waals surface area contributed by atoms with E-state index in [1.807, 2.05) is 13.8 Å². The molecule has 0 unspecified atom stereocenters. The molecule has 0 saturated carbocycles. The van der Waals surface area contributed by atoms with Crippen LogP contribution in [0.1, 0.15) is 33.3 Å². The summed E-state index contributed by atoms with van der Waals surface area (Å²) in [6.45, 7) is 11.4.